The van der Waals surface area contributed by atoms with Crippen molar-refractivity contribution >= 4 is 16.7 Å². The molecule has 0 atom stereocenters. The van der Waals surface area contributed by atoms with Crippen LogP contribution in [0, 0.1) is 0 Å². The van der Waals surface area contributed by atoms with Gasteiger partial charge < -0.3 is 10.1 Å². The Morgan fingerprint density at radius 3 is 2.85 bits per heavy atom. The van der Waals surface area contributed by atoms with Crippen LogP contribution in [0.3, 0.4) is 0 Å². The number of ether oxygens (including phenoxy) is 1. The molecule has 0 aliphatic heterocycles. The number of nitrogens with one attached hydrogen (secondary N) is 1. The molecule has 0 amide bonds. The minimum absolute atomic E-state index is 0.294. The van der Waals surface area contributed by atoms with Crippen LogP contribution in [0.1, 0.15) is 32.8 Å². The highest BCUT2D eigenvalue weighted by molar-refractivity contribution is 5.89. The first-order chi connectivity index (χ1) is 9.70. The third-order valence-electron chi connectivity index (χ3n) is 3.17. The monoisotopic (exact) mass is 273 g/mol. The van der Waals surface area contributed by atoms with Gasteiger partial charge in [0.2, 0.25) is 0 Å². The Kier molecular flexibility index (Phi) is 5.30. The molecule has 0 saturated heterocycles. The van der Waals surface area contributed by atoms with Gasteiger partial charge in [-0.15, -0.1) is 0 Å². The van der Waals surface area contributed by atoms with Crippen LogP contribution >= 0.6 is 0 Å². The molecule has 0 bridgehead atoms. The van der Waals surface area contributed by atoms with E-state index in [4.69, 9.17) is 4.74 Å². The highest BCUT2D eigenvalue weighted by Gasteiger charge is 2.04. The molecule has 0 aliphatic rings. The first-order valence-corrected chi connectivity index (χ1v) is 7.29. The van der Waals surface area contributed by atoms with Crippen molar-refractivity contribution in [2.75, 3.05) is 18.5 Å². The SMILES string of the molecule is CCc1ccc2ncnc(NCCCOC(C)C)c2c1. The largest absolute Gasteiger partial charge is 0.379 e. The summed E-state index contributed by atoms with van der Waals surface area (Å²) in [6, 6.07) is 6.35. The lowest BCUT2D eigenvalue weighted by atomic mass is 10.1. The Labute approximate surface area is 120 Å². The first-order valence-electron chi connectivity index (χ1n) is 7.29. The molecule has 0 unspecified atom stereocenters. The molecular weight excluding hydrogens is 250 g/mol. The second-order valence-electron chi connectivity index (χ2n) is 5.13. The van der Waals surface area contributed by atoms with Crippen molar-refractivity contribution in [2.45, 2.75) is 39.7 Å². The van der Waals surface area contributed by atoms with E-state index >= 15 is 0 Å². The van der Waals surface area contributed by atoms with E-state index in [2.05, 4.69) is 54.3 Å². The van der Waals surface area contributed by atoms with E-state index in [0.29, 0.717) is 6.10 Å². The lowest BCUT2D eigenvalue weighted by Crippen LogP contribution is -2.10. The molecule has 2 rings (SSSR count). The van der Waals surface area contributed by atoms with E-state index in [1.165, 1.54) is 5.56 Å². The molecule has 20 heavy (non-hydrogen) atoms. The van der Waals surface area contributed by atoms with E-state index in [9.17, 15) is 0 Å². The second-order valence-corrected chi connectivity index (χ2v) is 5.13. The first kappa shape index (κ1) is 14.7. The van der Waals surface area contributed by atoms with Crippen LogP contribution in [0.15, 0.2) is 24.5 Å². The maximum atomic E-state index is 5.53. The summed E-state index contributed by atoms with van der Waals surface area (Å²) in [5.74, 6) is 0.912. The zero-order valence-electron chi connectivity index (χ0n) is 12.5. The summed E-state index contributed by atoms with van der Waals surface area (Å²) in [7, 11) is 0. The summed E-state index contributed by atoms with van der Waals surface area (Å²) < 4.78 is 5.53. The fourth-order valence-electron chi connectivity index (χ4n) is 2.06. The Morgan fingerprint density at radius 2 is 2.10 bits per heavy atom. The molecular formula is C16H23N3O. The topological polar surface area (TPSA) is 47.0 Å². The summed E-state index contributed by atoms with van der Waals surface area (Å²) >= 11 is 0. The smallest absolute Gasteiger partial charge is 0.137 e. The fourth-order valence-corrected chi connectivity index (χ4v) is 2.06. The number of aryl methyl sites for hydroxylation is 1. The van der Waals surface area contributed by atoms with E-state index in [-0.39, 0.29) is 0 Å². The number of hydrogen-bond donors (Lipinski definition) is 1. The average molecular weight is 273 g/mol. The van der Waals surface area contributed by atoms with E-state index in [1.54, 1.807) is 6.33 Å². The van der Waals surface area contributed by atoms with Crippen molar-refractivity contribution in [3.8, 4) is 0 Å². The molecule has 0 saturated carbocycles. The summed E-state index contributed by atoms with van der Waals surface area (Å²) in [6.07, 6.45) is 3.90. The predicted molar refractivity (Wildman–Crippen MR) is 83.1 cm³/mol. The van der Waals surface area contributed by atoms with Gasteiger partial charge in [0.25, 0.3) is 0 Å². The van der Waals surface area contributed by atoms with Crippen molar-refractivity contribution in [2.24, 2.45) is 0 Å². The van der Waals surface area contributed by atoms with Gasteiger partial charge >= 0.3 is 0 Å². The van der Waals surface area contributed by atoms with Crippen molar-refractivity contribution in [3.05, 3.63) is 30.1 Å². The molecule has 0 radical (unpaired) electrons. The molecule has 1 N–H and O–H groups in total. The normalized spacial score (nSPS) is 11.2. The molecule has 2 aromatic rings. The van der Waals surface area contributed by atoms with Gasteiger partial charge in [-0.2, -0.15) is 0 Å². The van der Waals surface area contributed by atoms with Crippen molar-refractivity contribution in [3.63, 3.8) is 0 Å². The van der Waals surface area contributed by atoms with Crippen LogP contribution < -0.4 is 5.32 Å². The summed E-state index contributed by atoms with van der Waals surface area (Å²) in [5, 5.41) is 4.48. The maximum absolute atomic E-state index is 5.53. The molecule has 4 nitrogen and oxygen atoms in total. The molecule has 0 fully saturated rings. The predicted octanol–water partition coefficient (Wildman–Crippen LogP) is 3.42. The van der Waals surface area contributed by atoms with Gasteiger partial charge in [0, 0.05) is 18.5 Å². The standard InChI is InChI=1S/C16H23N3O/c1-4-13-6-7-15-14(10-13)16(19-11-18-15)17-8-5-9-20-12(2)3/h6-7,10-12H,4-5,8-9H2,1-3H3,(H,17,18,19). The highest BCUT2D eigenvalue weighted by atomic mass is 16.5. The lowest BCUT2D eigenvalue weighted by molar-refractivity contribution is 0.0787. The van der Waals surface area contributed by atoms with Crippen LogP contribution in [0.5, 0.6) is 0 Å². The van der Waals surface area contributed by atoms with Gasteiger partial charge in [0.05, 0.1) is 11.6 Å². The maximum Gasteiger partial charge on any atom is 0.137 e. The van der Waals surface area contributed by atoms with Gasteiger partial charge in [-0.05, 0) is 44.4 Å². The van der Waals surface area contributed by atoms with Gasteiger partial charge in [-0.25, -0.2) is 9.97 Å². The summed E-state index contributed by atoms with van der Waals surface area (Å²) in [5.41, 5.74) is 2.29. The van der Waals surface area contributed by atoms with Gasteiger partial charge in [0.1, 0.15) is 12.1 Å². The number of anilines is 1. The van der Waals surface area contributed by atoms with Crippen LogP contribution in [-0.4, -0.2) is 29.2 Å². The van der Waals surface area contributed by atoms with Crippen LogP contribution in [-0.2, 0) is 11.2 Å². The van der Waals surface area contributed by atoms with E-state index in [0.717, 1.165) is 42.7 Å². The van der Waals surface area contributed by atoms with Gasteiger partial charge in [-0.1, -0.05) is 13.0 Å². The van der Waals surface area contributed by atoms with Crippen molar-refractivity contribution in [1.29, 1.82) is 0 Å². The summed E-state index contributed by atoms with van der Waals surface area (Å²) in [6.45, 7) is 7.89. The van der Waals surface area contributed by atoms with Crippen molar-refractivity contribution in [1.82, 2.24) is 9.97 Å². The minimum atomic E-state index is 0.294. The highest BCUT2D eigenvalue weighted by Crippen LogP contribution is 2.20. The van der Waals surface area contributed by atoms with Crippen LogP contribution in [0.2, 0.25) is 0 Å². The van der Waals surface area contributed by atoms with E-state index in [1.807, 2.05) is 0 Å². The molecule has 1 heterocycles. The Hall–Kier alpha value is -1.68. The van der Waals surface area contributed by atoms with Crippen molar-refractivity contribution < 1.29 is 4.74 Å². The lowest BCUT2D eigenvalue weighted by Gasteiger charge is -2.10. The zero-order valence-corrected chi connectivity index (χ0v) is 12.5. The molecule has 0 aliphatic carbocycles. The number of benzene rings is 1. The van der Waals surface area contributed by atoms with Crippen LogP contribution in [0.4, 0.5) is 5.82 Å². The van der Waals surface area contributed by atoms with Gasteiger partial charge in [-0.3, -0.25) is 0 Å². The van der Waals surface area contributed by atoms with E-state index < -0.39 is 0 Å². The molecule has 0 spiro atoms. The number of fused-ring (bicyclic) bond motifs is 1. The fraction of sp³-hybridized carbons (Fsp3) is 0.500. The third-order valence-corrected chi connectivity index (χ3v) is 3.17. The third kappa shape index (κ3) is 3.90. The Bertz CT molecular complexity index is 554. The van der Waals surface area contributed by atoms with Crippen LogP contribution in [0.25, 0.3) is 10.9 Å². The number of nitrogens with zero attached hydrogens (tertiary/aromatic N) is 2. The number of hydrogen-bond acceptors (Lipinski definition) is 4. The Balaban J connectivity index is 2.02. The average Bonchev–Trinajstić information content (AvgIpc) is 2.46. The minimum Gasteiger partial charge on any atom is -0.379 e. The molecule has 1 aromatic carbocycles. The van der Waals surface area contributed by atoms with Gasteiger partial charge in [0.15, 0.2) is 0 Å². The summed E-state index contributed by atoms with van der Waals surface area (Å²) in [4.78, 5) is 8.66. The molecule has 108 valence electrons. The molecule has 1 aromatic heterocycles. The second kappa shape index (κ2) is 7.20. The zero-order chi connectivity index (χ0) is 14.4. The Morgan fingerprint density at radius 1 is 1.25 bits per heavy atom. The quantitative estimate of drug-likeness (QED) is 0.785. The molecule has 4 heteroatoms. The number of aromatic nitrogens is 2. The number of rotatable bonds is 7.